The molecule has 2 rings (SSSR count). The lowest BCUT2D eigenvalue weighted by molar-refractivity contribution is 0.406. The molecule has 0 bridgehead atoms. The van der Waals surface area contributed by atoms with Gasteiger partial charge in [-0.25, -0.2) is 0 Å². The molecule has 0 saturated carbocycles. The smallest absolute Gasteiger partial charge is 0.130 e. The van der Waals surface area contributed by atoms with Gasteiger partial charge in [0.05, 0.1) is 0 Å². The van der Waals surface area contributed by atoms with E-state index in [-0.39, 0.29) is 0 Å². The molecular weight excluding hydrogens is 196 g/mol. The fraction of sp³-hybridized carbons (Fsp3) is 0.200. The third-order valence-electron chi connectivity index (χ3n) is 2.75. The van der Waals surface area contributed by atoms with Crippen LogP contribution in [0.4, 0.5) is 0 Å². The van der Waals surface area contributed by atoms with Crippen LogP contribution in [-0.2, 0) is 6.42 Å². The van der Waals surface area contributed by atoms with Crippen LogP contribution in [0.1, 0.15) is 18.1 Å². The number of benzene rings is 1. The first-order valence-electron chi connectivity index (χ1n) is 5.47. The van der Waals surface area contributed by atoms with Crippen molar-refractivity contribution in [2.24, 2.45) is 0 Å². The number of hydrogen-bond acceptors (Lipinski definition) is 1. The average molecular weight is 212 g/mol. The minimum atomic E-state index is 0.938. The molecule has 1 aliphatic rings. The molecule has 1 heterocycles. The van der Waals surface area contributed by atoms with E-state index in [9.17, 15) is 0 Å². The van der Waals surface area contributed by atoms with Crippen molar-refractivity contribution in [3.8, 4) is 5.75 Å². The molecule has 0 aliphatic carbocycles. The van der Waals surface area contributed by atoms with Crippen LogP contribution >= 0.6 is 0 Å². The van der Waals surface area contributed by atoms with Gasteiger partial charge < -0.3 is 4.74 Å². The summed E-state index contributed by atoms with van der Waals surface area (Å²) in [5, 5.41) is 0. The number of ether oxygens (including phenoxy) is 1. The summed E-state index contributed by atoms with van der Waals surface area (Å²) in [4.78, 5) is 0. The van der Waals surface area contributed by atoms with Crippen LogP contribution in [0.15, 0.2) is 54.3 Å². The van der Waals surface area contributed by atoms with E-state index in [4.69, 9.17) is 4.74 Å². The normalized spacial score (nSPS) is 14.9. The standard InChI is InChI=1S/C15H16O/c1-4-5-6-13-10-14-9-11(2)7-8-15(14)16-12(13)3/h4-9H,1,10H2,2-3H3/b6-5-. The highest BCUT2D eigenvalue weighted by Gasteiger charge is 2.14. The molecule has 0 atom stereocenters. The van der Waals surface area contributed by atoms with Gasteiger partial charge in [0, 0.05) is 6.42 Å². The molecule has 1 aliphatic heterocycles. The molecule has 0 unspecified atom stereocenters. The maximum atomic E-state index is 5.79. The third kappa shape index (κ3) is 2.08. The summed E-state index contributed by atoms with van der Waals surface area (Å²) in [5.41, 5.74) is 3.75. The third-order valence-corrected chi connectivity index (χ3v) is 2.75. The Hall–Kier alpha value is -1.76. The van der Waals surface area contributed by atoms with E-state index in [0.717, 1.165) is 17.9 Å². The van der Waals surface area contributed by atoms with Gasteiger partial charge >= 0.3 is 0 Å². The van der Waals surface area contributed by atoms with E-state index >= 15 is 0 Å². The summed E-state index contributed by atoms with van der Waals surface area (Å²) >= 11 is 0. The maximum Gasteiger partial charge on any atom is 0.130 e. The molecule has 0 aromatic heterocycles. The molecule has 0 fully saturated rings. The summed E-state index contributed by atoms with van der Waals surface area (Å²) in [6, 6.07) is 6.31. The fourth-order valence-corrected chi connectivity index (χ4v) is 1.87. The molecule has 1 aromatic rings. The SMILES string of the molecule is C=C/C=C\C1=C(C)Oc2ccc(C)cc2C1. The van der Waals surface area contributed by atoms with Crippen molar-refractivity contribution in [3.05, 3.63) is 65.5 Å². The summed E-state index contributed by atoms with van der Waals surface area (Å²) in [6.45, 7) is 7.79. The molecule has 1 nitrogen and oxygen atoms in total. The van der Waals surface area contributed by atoms with E-state index in [1.807, 2.05) is 19.1 Å². The van der Waals surface area contributed by atoms with Gasteiger partial charge in [-0.05, 0) is 31.1 Å². The minimum Gasteiger partial charge on any atom is -0.461 e. The Bertz CT molecular complexity index is 478. The average Bonchev–Trinajstić information content (AvgIpc) is 2.27. The van der Waals surface area contributed by atoms with Gasteiger partial charge in [0.2, 0.25) is 0 Å². The summed E-state index contributed by atoms with van der Waals surface area (Å²) < 4.78 is 5.79. The minimum absolute atomic E-state index is 0.938. The molecule has 0 amide bonds. The molecule has 16 heavy (non-hydrogen) atoms. The number of rotatable bonds is 2. The van der Waals surface area contributed by atoms with Gasteiger partial charge in [0.15, 0.2) is 0 Å². The van der Waals surface area contributed by atoms with E-state index in [0.29, 0.717) is 0 Å². The molecule has 0 N–H and O–H groups in total. The highest BCUT2D eigenvalue weighted by Crippen LogP contribution is 2.31. The highest BCUT2D eigenvalue weighted by atomic mass is 16.5. The Kier molecular flexibility index (Phi) is 2.95. The topological polar surface area (TPSA) is 9.23 Å². The van der Waals surface area contributed by atoms with E-state index in [1.54, 1.807) is 6.08 Å². The van der Waals surface area contributed by atoms with E-state index < -0.39 is 0 Å². The summed E-state index contributed by atoms with van der Waals surface area (Å²) in [6.07, 6.45) is 6.73. The van der Waals surface area contributed by atoms with Gasteiger partial charge in [-0.1, -0.05) is 42.5 Å². The zero-order valence-corrected chi connectivity index (χ0v) is 9.79. The molecule has 1 heteroatoms. The highest BCUT2D eigenvalue weighted by molar-refractivity contribution is 5.46. The van der Waals surface area contributed by atoms with Crippen LogP contribution < -0.4 is 4.74 Å². The second kappa shape index (κ2) is 4.40. The van der Waals surface area contributed by atoms with Gasteiger partial charge in [-0.3, -0.25) is 0 Å². The number of allylic oxidation sites excluding steroid dienone is 5. The second-order valence-corrected chi connectivity index (χ2v) is 4.07. The van der Waals surface area contributed by atoms with Crippen molar-refractivity contribution in [3.63, 3.8) is 0 Å². The van der Waals surface area contributed by atoms with Crippen molar-refractivity contribution in [1.29, 1.82) is 0 Å². The van der Waals surface area contributed by atoms with E-state index in [2.05, 4.69) is 31.7 Å². The van der Waals surface area contributed by atoms with Crippen LogP contribution in [0, 0.1) is 6.92 Å². The Morgan fingerprint density at radius 3 is 2.88 bits per heavy atom. The monoisotopic (exact) mass is 212 g/mol. The van der Waals surface area contributed by atoms with Crippen LogP contribution in [0.2, 0.25) is 0 Å². The Morgan fingerprint density at radius 2 is 2.12 bits per heavy atom. The molecule has 0 radical (unpaired) electrons. The molecule has 0 spiro atoms. The second-order valence-electron chi connectivity index (χ2n) is 4.07. The lowest BCUT2D eigenvalue weighted by atomic mass is 9.99. The predicted molar refractivity (Wildman–Crippen MR) is 67.5 cm³/mol. The quantitative estimate of drug-likeness (QED) is 0.674. The lowest BCUT2D eigenvalue weighted by Gasteiger charge is -2.20. The fourth-order valence-electron chi connectivity index (χ4n) is 1.87. The predicted octanol–water partition coefficient (Wildman–Crippen LogP) is 3.95. The first-order chi connectivity index (χ1) is 7.70. The first kappa shape index (κ1) is 10.7. The number of hydrogen-bond donors (Lipinski definition) is 0. The van der Waals surface area contributed by atoms with Gasteiger partial charge in [-0.2, -0.15) is 0 Å². The van der Waals surface area contributed by atoms with Crippen molar-refractivity contribution in [1.82, 2.24) is 0 Å². The molecule has 1 aromatic carbocycles. The largest absolute Gasteiger partial charge is 0.461 e. The van der Waals surface area contributed by atoms with Crippen LogP contribution in [-0.4, -0.2) is 0 Å². The Labute approximate surface area is 96.8 Å². The summed E-state index contributed by atoms with van der Waals surface area (Å²) in [7, 11) is 0. The maximum absolute atomic E-state index is 5.79. The molecular formula is C15H16O. The van der Waals surface area contributed by atoms with Crippen LogP contribution in [0.25, 0.3) is 0 Å². The van der Waals surface area contributed by atoms with Gasteiger partial charge in [0.25, 0.3) is 0 Å². The van der Waals surface area contributed by atoms with Gasteiger partial charge in [0.1, 0.15) is 11.5 Å². The van der Waals surface area contributed by atoms with Crippen molar-refractivity contribution >= 4 is 0 Å². The van der Waals surface area contributed by atoms with Crippen LogP contribution in [0.5, 0.6) is 5.75 Å². The van der Waals surface area contributed by atoms with Gasteiger partial charge in [-0.15, -0.1) is 0 Å². The summed E-state index contributed by atoms with van der Waals surface area (Å²) in [5.74, 6) is 1.97. The number of fused-ring (bicyclic) bond motifs is 1. The molecule has 82 valence electrons. The van der Waals surface area contributed by atoms with Crippen LogP contribution in [0.3, 0.4) is 0 Å². The Balaban J connectivity index is 2.34. The Morgan fingerprint density at radius 1 is 1.31 bits per heavy atom. The molecule has 0 saturated heterocycles. The zero-order chi connectivity index (χ0) is 11.5. The number of aryl methyl sites for hydroxylation is 1. The van der Waals surface area contributed by atoms with Crippen molar-refractivity contribution < 1.29 is 4.74 Å². The van der Waals surface area contributed by atoms with Crippen molar-refractivity contribution in [2.45, 2.75) is 20.3 Å². The van der Waals surface area contributed by atoms with E-state index in [1.165, 1.54) is 16.7 Å². The first-order valence-corrected chi connectivity index (χ1v) is 5.47. The van der Waals surface area contributed by atoms with Crippen molar-refractivity contribution in [2.75, 3.05) is 0 Å². The zero-order valence-electron chi connectivity index (χ0n) is 9.79. The lowest BCUT2D eigenvalue weighted by Crippen LogP contribution is -2.07.